The first-order chi connectivity index (χ1) is 24.8. The summed E-state index contributed by atoms with van der Waals surface area (Å²) in [5.41, 5.74) is 2.35. The van der Waals surface area contributed by atoms with Crippen LogP contribution in [0.3, 0.4) is 0 Å². The monoisotopic (exact) mass is 695 g/mol. The van der Waals surface area contributed by atoms with Gasteiger partial charge >= 0.3 is 18.0 Å². The summed E-state index contributed by atoms with van der Waals surface area (Å²) in [5, 5.41) is 2.77. The van der Waals surface area contributed by atoms with E-state index in [9.17, 15) is 24.0 Å². The van der Waals surface area contributed by atoms with Crippen molar-refractivity contribution in [3.8, 4) is 0 Å². The van der Waals surface area contributed by atoms with E-state index < -0.39 is 47.8 Å². The molecule has 1 aliphatic heterocycles. The predicted molar refractivity (Wildman–Crippen MR) is 190 cm³/mol. The van der Waals surface area contributed by atoms with Crippen LogP contribution < -0.4 is 5.32 Å². The summed E-state index contributed by atoms with van der Waals surface area (Å²) in [7, 11) is 0. The van der Waals surface area contributed by atoms with Gasteiger partial charge in [-0.2, -0.15) is 0 Å². The zero-order valence-electron chi connectivity index (χ0n) is 28.7. The first kappa shape index (κ1) is 38.1. The van der Waals surface area contributed by atoms with Gasteiger partial charge in [0.05, 0.1) is 5.92 Å². The molecule has 11 heteroatoms. The Kier molecular flexibility index (Phi) is 15.0. The molecule has 4 rings (SSSR count). The smallest absolute Gasteiger partial charge is 0.410 e. The number of esters is 2. The van der Waals surface area contributed by atoms with Gasteiger partial charge in [-0.05, 0) is 42.4 Å². The van der Waals surface area contributed by atoms with Crippen LogP contribution in [-0.4, -0.2) is 71.4 Å². The summed E-state index contributed by atoms with van der Waals surface area (Å²) in [6, 6.07) is 25.3. The average molecular weight is 696 g/mol. The number of likely N-dealkylation sites (tertiary alicyclic amines) is 1. The molecule has 11 nitrogen and oxygen atoms in total. The number of benzene rings is 3. The van der Waals surface area contributed by atoms with Crippen molar-refractivity contribution < 1.29 is 38.2 Å². The highest BCUT2D eigenvalue weighted by Gasteiger charge is 2.38. The molecule has 0 unspecified atom stereocenters. The number of nitrogens with zero attached hydrogens (tertiary/aromatic N) is 2. The number of hydrogen-bond donors (Lipinski definition) is 1. The molecule has 1 fully saturated rings. The van der Waals surface area contributed by atoms with Gasteiger partial charge in [0.1, 0.15) is 38.4 Å². The second-order valence-corrected chi connectivity index (χ2v) is 12.2. The molecule has 0 aliphatic carbocycles. The third kappa shape index (κ3) is 12.0. The van der Waals surface area contributed by atoms with Crippen LogP contribution in [0.5, 0.6) is 0 Å². The van der Waals surface area contributed by atoms with Gasteiger partial charge in [-0.1, -0.05) is 103 Å². The van der Waals surface area contributed by atoms with Crippen molar-refractivity contribution in [2.75, 3.05) is 19.6 Å². The minimum atomic E-state index is -1.22. The van der Waals surface area contributed by atoms with Crippen molar-refractivity contribution in [1.82, 2.24) is 15.1 Å². The van der Waals surface area contributed by atoms with Crippen molar-refractivity contribution in [2.45, 2.75) is 57.6 Å². The van der Waals surface area contributed by atoms with E-state index in [4.69, 9.17) is 14.2 Å². The van der Waals surface area contributed by atoms with Crippen LogP contribution in [0.2, 0.25) is 0 Å². The van der Waals surface area contributed by atoms with Crippen molar-refractivity contribution in [2.24, 2.45) is 5.92 Å². The lowest BCUT2D eigenvalue weighted by Crippen LogP contribution is -2.53. The van der Waals surface area contributed by atoms with Gasteiger partial charge in [0, 0.05) is 13.1 Å². The van der Waals surface area contributed by atoms with Gasteiger partial charge in [0.2, 0.25) is 11.8 Å². The van der Waals surface area contributed by atoms with Crippen LogP contribution in [-0.2, 0) is 53.2 Å². The SMILES string of the molecule is C=CC[C@@H](C[C@H](NC(=O)[C@@H]1CCCN1C(=O)CN(CC=C)C(=O)OCc1ccccc1)C(=O)OCc1ccccc1)C(=O)OCc1ccccc1. The molecule has 0 aromatic heterocycles. The molecule has 268 valence electrons. The van der Waals surface area contributed by atoms with Crippen LogP contribution in [0.15, 0.2) is 116 Å². The molecular formula is C40H45N3O8. The second kappa shape index (κ2) is 20.1. The molecule has 0 radical (unpaired) electrons. The number of rotatable bonds is 18. The molecule has 3 aromatic carbocycles. The van der Waals surface area contributed by atoms with Gasteiger partial charge < -0.3 is 24.4 Å². The van der Waals surface area contributed by atoms with E-state index in [-0.39, 0.29) is 52.3 Å². The predicted octanol–water partition coefficient (Wildman–Crippen LogP) is 5.36. The standard InChI is InChI=1S/C40H45N3O8/c1-3-15-33(38(46)49-27-30-16-8-5-9-17-30)25-34(39(47)50-28-31-18-10-6-11-19-31)41-37(45)35-22-14-24-43(35)36(44)26-42(23-4-2)40(48)51-29-32-20-12-7-13-21-32/h3-13,16-21,33-35H,1-2,14-15,22-29H2,(H,41,45)/t33-,34-,35-/m0/s1. The van der Waals surface area contributed by atoms with E-state index in [0.717, 1.165) is 16.7 Å². The Labute approximate surface area is 298 Å². The van der Waals surface area contributed by atoms with Crippen molar-refractivity contribution in [3.05, 3.63) is 133 Å². The topological polar surface area (TPSA) is 132 Å². The molecule has 0 saturated carbocycles. The average Bonchev–Trinajstić information content (AvgIpc) is 3.66. The van der Waals surface area contributed by atoms with E-state index >= 15 is 0 Å². The van der Waals surface area contributed by atoms with Crippen molar-refractivity contribution in [1.29, 1.82) is 0 Å². The normalized spacial score (nSPS) is 14.7. The highest BCUT2D eigenvalue weighted by molar-refractivity contribution is 5.92. The Morgan fingerprint density at radius 1 is 0.765 bits per heavy atom. The Balaban J connectivity index is 1.44. The van der Waals surface area contributed by atoms with E-state index in [0.29, 0.717) is 12.8 Å². The van der Waals surface area contributed by atoms with Gasteiger partial charge in [-0.15, -0.1) is 13.2 Å². The largest absolute Gasteiger partial charge is 0.461 e. The lowest BCUT2D eigenvalue weighted by atomic mass is 9.96. The number of hydrogen-bond acceptors (Lipinski definition) is 8. The minimum absolute atomic E-state index is 0.0324. The van der Waals surface area contributed by atoms with Crippen LogP contribution >= 0.6 is 0 Å². The molecule has 1 saturated heterocycles. The number of amides is 3. The molecule has 3 atom stereocenters. The maximum absolute atomic E-state index is 13.8. The van der Waals surface area contributed by atoms with Gasteiger partial charge in [-0.3, -0.25) is 19.3 Å². The summed E-state index contributed by atoms with van der Waals surface area (Å²) in [5.74, 6) is -3.11. The highest BCUT2D eigenvalue weighted by Crippen LogP contribution is 2.21. The van der Waals surface area contributed by atoms with Gasteiger partial charge in [0.15, 0.2) is 0 Å². The van der Waals surface area contributed by atoms with Crippen LogP contribution in [0, 0.1) is 5.92 Å². The molecule has 1 aliphatic rings. The quantitative estimate of drug-likeness (QED) is 0.107. The summed E-state index contributed by atoms with van der Waals surface area (Å²) < 4.78 is 16.6. The van der Waals surface area contributed by atoms with Crippen LogP contribution in [0.1, 0.15) is 42.4 Å². The van der Waals surface area contributed by atoms with Crippen LogP contribution in [0.4, 0.5) is 4.79 Å². The number of carbonyl (C=O) groups excluding carboxylic acids is 5. The Morgan fingerprint density at radius 3 is 1.82 bits per heavy atom. The van der Waals surface area contributed by atoms with E-state index in [1.807, 2.05) is 78.9 Å². The highest BCUT2D eigenvalue weighted by atomic mass is 16.6. The Morgan fingerprint density at radius 2 is 1.29 bits per heavy atom. The van der Waals surface area contributed by atoms with E-state index in [1.165, 1.54) is 15.9 Å². The third-order valence-electron chi connectivity index (χ3n) is 8.37. The fourth-order valence-electron chi connectivity index (χ4n) is 5.69. The van der Waals surface area contributed by atoms with Crippen molar-refractivity contribution >= 4 is 29.8 Å². The first-order valence-electron chi connectivity index (χ1n) is 17.0. The third-order valence-corrected chi connectivity index (χ3v) is 8.37. The number of nitrogens with one attached hydrogen (secondary N) is 1. The zero-order valence-corrected chi connectivity index (χ0v) is 28.7. The first-order valence-corrected chi connectivity index (χ1v) is 17.0. The molecule has 3 aromatic rings. The molecule has 0 spiro atoms. The fourth-order valence-corrected chi connectivity index (χ4v) is 5.69. The molecule has 3 amide bonds. The summed E-state index contributed by atoms with van der Waals surface area (Å²) in [6.07, 6.45) is 3.32. The molecule has 1 N–H and O–H groups in total. The molecule has 0 bridgehead atoms. The van der Waals surface area contributed by atoms with Gasteiger partial charge in [0.25, 0.3) is 0 Å². The summed E-state index contributed by atoms with van der Waals surface area (Å²) >= 11 is 0. The van der Waals surface area contributed by atoms with E-state index in [1.54, 1.807) is 18.2 Å². The lowest BCUT2D eigenvalue weighted by Gasteiger charge is -2.29. The molecule has 1 heterocycles. The number of carbonyl (C=O) groups is 5. The van der Waals surface area contributed by atoms with Crippen molar-refractivity contribution in [3.63, 3.8) is 0 Å². The Bertz CT molecular complexity index is 1620. The zero-order chi connectivity index (χ0) is 36.4. The molecular weight excluding hydrogens is 650 g/mol. The fraction of sp³-hybridized carbons (Fsp3) is 0.325. The van der Waals surface area contributed by atoms with Crippen LogP contribution in [0.25, 0.3) is 0 Å². The second-order valence-electron chi connectivity index (χ2n) is 12.2. The molecule has 51 heavy (non-hydrogen) atoms. The van der Waals surface area contributed by atoms with Gasteiger partial charge in [-0.25, -0.2) is 9.59 Å². The number of ether oxygens (including phenoxy) is 3. The Hall–Kier alpha value is -5.71. The number of allylic oxidation sites excluding steroid dienone is 1. The van der Waals surface area contributed by atoms with E-state index in [2.05, 4.69) is 18.5 Å². The lowest BCUT2D eigenvalue weighted by molar-refractivity contribution is -0.154. The maximum atomic E-state index is 13.8. The minimum Gasteiger partial charge on any atom is -0.461 e. The summed E-state index contributed by atoms with van der Waals surface area (Å²) in [4.78, 5) is 69.6. The maximum Gasteiger partial charge on any atom is 0.410 e. The summed E-state index contributed by atoms with van der Waals surface area (Å²) in [6.45, 7) is 7.50.